The fourth-order valence-electron chi connectivity index (χ4n) is 3.53. The van der Waals surface area contributed by atoms with Crippen molar-refractivity contribution in [3.63, 3.8) is 0 Å². The molecule has 4 nitrogen and oxygen atoms in total. The Morgan fingerprint density at radius 1 is 1.19 bits per heavy atom. The molecule has 0 radical (unpaired) electrons. The summed E-state index contributed by atoms with van der Waals surface area (Å²) in [4.78, 5) is 2.44. The molecule has 1 unspecified atom stereocenters. The molecule has 1 N–H and O–H groups in total. The molecule has 3 aliphatic rings. The number of hydrogen-bond acceptors (Lipinski definition) is 3. The molecule has 1 aliphatic heterocycles. The first-order valence-electron chi connectivity index (χ1n) is 7.77. The first-order valence-corrected chi connectivity index (χ1v) is 9.25. The van der Waals surface area contributed by atoms with Gasteiger partial charge in [-0.2, -0.15) is 0 Å². The van der Waals surface area contributed by atoms with Crippen molar-refractivity contribution in [1.82, 2.24) is 9.62 Å². The van der Waals surface area contributed by atoms with Crippen LogP contribution in [0.3, 0.4) is 0 Å². The lowest BCUT2D eigenvalue weighted by molar-refractivity contribution is 0.287. The van der Waals surface area contributed by atoms with Crippen LogP contribution >= 0.6 is 0 Å². The van der Waals surface area contributed by atoms with E-state index < -0.39 is 14.8 Å². The van der Waals surface area contributed by atoms with Crippen molar-refractivity contribution in [2.24, 2.45) is 11.8 Å². The third-order valence-corrected chi connectivity index (χ3v) is 7.70. The van der Waals surface area contributed by atoms with Crippen LogP contribution in [-0.2, 0) is 16.6 Å². The first kappa shape index (κ1) is 13.7. The van der Waals surface area contributed by atoms with Gasteiger partial charge in [0.25, 0.3) is 0 Å². The van der Waals surface area contributed by atoms with E-state index in [4.69, 9.17) is 0 Å². The number of piperidine rings is 1. The lowest BCUT2D eigenvalue weighted by atomic mass is 10.2. The molecule has 114 valence electrons. The predicted molar refractivity (Wildman–Crippen MR) is 82.2 cm³/mol. The van der Waals surface area contributed by atoms with Crippen LogP contribution in [0.2, 0.25) is 0 Å². The van der Waals surface area contributed by atoms with E-state index in [1.807, 2.05) is 13.0 Å². The van der Waals surface area contributed by atoms with Gasteiger partial charge >= 0.3 is 0 Å². The van der Waals surface area contributed by atoms with E-state index in [1.54, 1.807) is 0 Å². The molecule has 2 saturated carbocycles. The van der Waals surface area contributed by atoms with Gasteiger partial charge in [0.1, 0.15) is 0 Å². The minimum absolute atomic E-state index is 0.194. The molecule has 1 aromatic carbocycles. The molecular formula is C16H22N2O2S. The Hall–Kier alpha value is -0.910. The summed E-state index contributed by atoms with van der Waals surface area (Å²) >= 11 is 0. The number of likely N-dealkylation sites (tertiary alicyclic amines) is 1. The molecule has 0 amide bonds. The summed E-state index contributed by atoms with van der Waals surface area (Å²) in [5.74, 6) is 1.04. The van der Waals surface area contributed by atoms with Crippen LogP contribution in [0.5, 0.6) is 0 Å². The standard InChI is InChI=1S/C16H22N2O2S/c1-16(7-8-16)21(19,20)17-15-13-10-18(11-14(13)15)9-12-5-3-2-4-6-12/h2-6,13-15,17H,7-11H2,1H3/t13-,14+,15?. The van der Waals surface area contributed by atoms with Crippen LogP contribution in [0.15, 0.2) is 30.3 Å². The second kappa shape index (κ2) is 4.54. The van der Waals surface area contributed by atoms with E-state index in [9.17, 15) is 8.42 Å². The second-order valence-electron chi connectivity index (χ2n) is 7.10. The monoisotopic (exact) mass is 306 g/mol. The molecule has 2 aliphatic carbocycles. The Kier molecular flexibility index (Phi) is 2.97. The van der Waals surface area contributed by atoms with E-state index >= 15 is 0 Å². The van der Waals surface area contributed by atoms with Crippen molar-refractivity contribution in [3.05, 3.63) is 35.9 Å². The summed E-state index contributed by atoms with van der Waals surface area (Å²) in [6.45, 7) is 4.87. The summed E-state index contributed by atoms with van der Waals surface area (Å²) in [5.41, 5.74) is 1.33. The number of sulfonamides is 1. The highest BCUT2D eigenvalue weighted by atomic mass is 32.2. The zero-order valence-electron chi connectivity index (χ0n) is 12.3. The molecule has 0 bridgehead atoms. The zero-order valence-corrected chi connectivity index (χ0v) is 13.1. The van der Waals surface area contributed by atoms with Crippen molar-refractivity contribution >= 4 is 10.0 Å². The van der Waals surface area contributed by atoms with Crippen molar-refractivity contribution in [3.8, 4) is 0 Å². The molecule has 21 heavy (non-hydrogen) atoms. The molecular weight excluding hydrogens is 284 g/mol. The normalized spacial score (nSPS) is 33.7. The Balaban J connectivity index is 1.32. The van der Waals surface area contributed by atoms with Gasteiger partial charge in [-0.3, -0.25) is 4.90 Å². The van der Waals surface area contributed by atoms with Gasteiger partial charge in [0, 0.05) is 25.7 Å². The van der Waals surface area contributed by atoms with Crippen LogP contribution in [0.4, 0.5) is 0 Å². The van der Waals surface area contributed by atoms with Gasteiger partial charge in [-0.05, 0) is 37.2 Å². The minimum atomic E-state index is -3.11. The van der Waals surface area contributed by atoms with Gasteiger partial charge in [0.05, 0.1) is 4.75 Å². The summed E-state index contributed by atoms with van der Waals surface area (Å²) < 4.78 is 27.0. The smallest absolute Gasteiger partial charge is 0.217 e. The lowest BCUT2D eigenvalue weighted by Gasteiger charge is -2.20. The van der Waals surface area contributed by atoms with Crippen LogP contribution in [0.1, 0.15) is 25.3 Å². The average Bonchev–Trinajstić information content (AvgIpc) is 3.29. The van der Waals surface area contributed by atoms with E-state index in [0.717, 1.165) is 32.5 Å². The third kappa shape index (κ3) is 2.41. The van der Waals surface area contributed by atoms with Crippen LogP contribution in [0, 0.1) is 11.8 Å². The van der Waals surface area contributed by atoms with Gasteiger partial charge in [-0.1, -0.05) is 30.3 Å². The number of nitrogens with zero attached hydrogens (tertiary/aromatic N) is 1. The van der Waals surface area contributed by atoms with Gasteiger partial charge in [-0.25, -0.2) is 13.1 Å². The van der Waals surface area contributed by atoms with Gasteiger partial charge in [0.2, 0.25) is 10.0 Å². The largest absolute Gasteiger partial charge is 0.298 e. The number of hydrogen-bond donors (Lipinski definition) is 1. The molecule has 3 fully saturated rings. The van der Waals surface area contributed by atoms with Crippen molar-refractivity contribution in [1.29, 1.82) is 0 Å². The Morgan fingerprint density at radius 3 is 2.38 bits per heavy atom. The maximum atomic E-state index is 12.2. The van der Waals surface area contributed by atoms with Gasteiger partial charge in [0.15, 0.2) is 0 Å². The number of nitrogens with one attached hydrogen (secondary N) is 1. The van der Waals surface area contributed by atoms with Gasteiger partial charge < -0.3 is 0 Å². The van der Waals surface area contributed by atoms with Crippen molar-refractivity contribution in [2.45, 2.75) is 37.1 Å². The fraction of sp³-hybridized carbons (Fsp3) is 0.625. The molecule has 1 heterocycles. The number of fused-ring (bicyclic) bond motifs is 1. The zero-order chi connectivity index (χ0) is 14.7. The molecule has 0 aromatic heterocycles. The minimum Gasteiger partial charge on any atom is -0.298 e. The van der Waals surface area contributed by atoms with Crippen molar-refractivity contribution < 1.29 is 8.42 Å². The second-order valence-corrected chi connectivity index (χ2v) is 9.33. The molecule has 3 atom stereocenters. The van der Waals surface area contributed by atoms with Crippen molar-refractivity contribution in [2.75, 3.05) is 13.1 Å². The van der Waals surface area contributed by atoms with Crippen LogP contribution < -0.4 is 4.72 Å². The summed E-state index contributed by atoms with van der Waals surface area (Å²) in [5, 5.41) is 0. The van der Waals surface area contributed by atoms with E-state index in [2.05, 4.69) is 33.9 Å². The topological polar surface area (TPSA) is 49.4 Å². The summed E-state index contributed by atoms with van der Waals surface area (Å²) in [6.07, 6.45) is 1.62. The number of rotatable bonds is 5. The molecule has 4 rings (SSSR count). The first-order chi connectivity index (χ1) is 9.98. The molecule has 0 spiro atoms. The van der Waals surface area contributed by atoms with Crippen LogP contribution in [0.25, 0.3) is 0 Å². The average molecular weight is 306 g/mol. The predicted octanol–water partition coefficient (Wildman–Crippen LogP) is 1.59. The SMILES string of the molecule is CC1(S(=O)(=O)NC2[C@H]3CN(Cc4ccccc4)C[C@@H]23)CC1. The Morgan fingerprint density at radius 2 is 1.81 bits per heavy atom. The lowest BCUT2D eigenvalue weighted by Crippen LogP contribution is -2.39. The Bertz CT molecular complexity index is 628. The van der Waals surface area contributed by atoms with Crippen LogP contribution in [-0.4, -0.2) is 37.2 Å². The fourth-order valence-corrected chi connectivity index (χ4v) is 5.16. The molecule has 5 heteroatoms. The maximum Gasteiger partial charge on any atom is 0.217 e. The molecule has 1 aromatic rings. The third-order valence-electron chi connectivity index (χ3n) is 5.41. The summed E-state index contributed by atoms with van der Waals surface area (Å²) in [6, 6.07) is 10.7. The van der Waals surface area contributed by atoms with E-state index in [-0.39, 0.29) is 6.04 Å². The Labute approximate surface area is 126 Å². The summed E-state index contributed by atoms with van der Waals surface area (Å²) in [7, 11) is -3.11. The highest BCUT2D eigenvalue weighted by Gasteiger charge is 2.60. The highest BCUT2D eigenvalue weighted by Crippen LogP contribution is 2.49. The van der Waals surface area contributed by atoms with E-state index in [1.165, 1.54) is 5.56 Å². The maximum absolute atomic E-state index is 12.2. The quantitative estimate of drug-likeness (QED) is 0.899. The van der Waals surface area contributed by atoms with Gasteiger partial charge in [-0.15, -0.1) is 0 Å². The highest BCUT2D eigenvalue weighted by molar-refractivity contribution is 7.91. The number of benzene rings is 1. The van der Waals surface area contributed by atoms with E-state index in [0.29, 0.717) is 11.8 Å². The molecule has 1 saturated heterocycles.